The van der Waals surface area contributed by atoms with Gasteiger partial charge in [-0.1, -0.05) is 11.6 Å². The van der Waals surface area contributed by atoms with Crippen LogP contribution in [0, 0.1) is 0 Å². The molecule has 0 aliphatic heterocycles. The first-order valence-corrected chi connectivity index (χ1v) is 8.11. The van der Waals surface area contributed by atoms with Crippen molar-refractivity contribution < 1.29 is 9.53 Å². The standard InChI is InChI=1S/C15H19ClN6O2/c1-24-11(8-17)7-14(23)18-10-4-5-12(16)13(6-10)22-15(9-2-3-9)19-20-21-22/h4-6,9,11H,2-3,7-8,17H2,1H3,(H,18,23). The molecule has 1 saturated carbocycles. The number of nitrogens with zero attached hydrogens (tertiary/aromatic N) is 4. The minimum absolute atomic E-state index is 0.181. The van der Waals surface area contributed by atoms with E-state index in [-0.39, 0.29) is 25.0 Å². The van der Waals surface area contributed by atoms with E-state index in [1.54, 1.807) is 22.9 Å². The molecule has 3 rings (SSSR count). The minimum Gasteiger partial charge on any atom is -0.380 e. The van der Waals surface area contributed by atoms with Gasteiger partial charge >= 0.3 is 0 Å². The van der Waals surface area contributed by atoms with Crippen molar-refractivity contribution >= 4 is 23.2 Å². The zero-order chi connectivity index (χ0) is 17.1. The van der Waals surface area contributed by atoms with Crippen LogP contribution >= 0.6 is 11.6 Å². The number of tetrazole rings is 1. The van der Waals surface area contributed by atoms with Gasteiger partial charge in [0, 0.05) is 25.3 Å². The van der Waals surface area contributed by atoms with Crippen molar-refractivity contribution in [2.75, 3.05) is 19.0 Å². The first-order valence-electron chi connectivity index (χ1n) is 7.73. The molecule has 0 spiro atoms. The van der Waals surface area contributed by atoms with Crippen molar-refractivity contribution in [3.63, 3.8) is 0 Å². The van der Waals surface area contributed by atoms with Crippen LogP contribution in [0.5, 0.6) is 0 Å². The number of rotatable bonds is 7. The van der Waals surface area contributed by atoms with Crippen molar-refractivity contribution in [3.8, 4) is 5.69 Å². The monoisotopic (exact) mass is 350 g/mol. The SMILES string of the molecule is COC(CN)CC(=O)Nc1ccc(Cl)c(-n2nnnc2C2CC2)c1. The number of aromatic nitrogens is 4. The summed E-state index contributed by atoms with van der Waals surface area (Å²) in [5.41, 5.74) is 6.79. The molecular weight excluding hydrogens is 332 g/mol. The van der Waals surface area contributed by atoms with Crippen molar-refractivity contribution in [3.05, 3.63) is 29.0 Å². The van der Waals surface area contributed by atoms with E-state index in [2.05, 4.69) is 20.8 Å². The molecule has 2 aromatic rings. The van der Waals surface area contributed by atoms with Gasteiger partial charge in [-0.15, -0.1) is 5.10 Å². The van der Waals surface area contributed by atoms with Crippen LogP contribution in [-0.2, 0) is 9.53 Å². The summed E-state index contributed by atoms with van der Waals surface area (Å²) in [6.07, 6.45) is 2.03. The minimum atomic E-state index is -0.308. The number of anilines is 1. The molecule has 3 N–H and O–H groups in total. The van der Waals surface area contributed by atoms with Gasteiger partial charge in [0.05, 0.1) is 23.2 Å². The van der Waals surface area contributed by atoms with Crippen LogP contribution in [0.25, 0.3) is 5.69 Å². The van der Waals surface area contributed by atoms with Crippen LogP contribution in [-0.4, -0.2) is 45.9 Å². The number of hydrogen-bond donors (Lipinski definition) is 2. The highest BCUT2D eigenvalue weighted by Crippen LogP contribution is 2.39. The predicted octanol–water partition coefficient (Wildman–Crippen LogP) is 1.50. The van der Waals surface area contributed by atoms with E-state index in [0.29, 0.717) is 22.3 Å². The number of nitrogens with two attached hydrogens (primary N) is 1. The number of nitrogens with one attached hydrogen (secondary N) is 1. The van der Waals surface area contributed by atoms with E-state index in [4.69, 9.17) is 22.1 Å². The van der Waals surface area contributed by atoms with E-state index in [1.807, 2.05) is 0 Å². The number of carbonyl (C=O) groups is 1. The average molecular weight is 351 g/mol. The Balaban J connectivity index is 1.79. The Morgan fingerprint density at radius 1 is 1.54 bits per heavy atom. The van der Waals surface area contributed by atoms with E-state index in [9.17, 15) is 4.79 Å². The molecular formula is C15H19ClN6O2. The summed E-state index contributed by atoms with van der Waals surface area (Å²) in [4.78, 5) is 12.1. The van der Waals surface area contributed by atoms with Crippen molar-refractivity contribution in [2.45, 2.75) is 31.3 Å². The van der Waals surface area contributed by atoms with Crippen LogP contribution in [0.4, 0.5) is 5.69 Å². The Kier molecular flexibility index (Phi) is 5.08. The summed E-state index contributed by atoms with van der Waals surface area (Å²) in [7, 11) is 1.53. The fourth-order valence-electron chi connectivity index (χ4n) is 2.40. The first-order chi connectivity index (χ1) is 11.6. The molecule has 0 bridgehead atoms. The summed E-state index contributed by atoms with van der Waals surface area (Å²) in [6, 6.07) is 5.20. The molecule has 24 heavy (non-hydrogen) atoms. The van der Waals surface area contributed by atoms with Crippen molar-refractivity contribution in [1.82, 2.24) is 20.2 Å². The Labute approximate surface area is 144 Å². The van der Waals surface area contributed by atoms with Crippen LogP contribution < -0.4 is 11.1 Å². The van der Waals surface area contributed by atoms with Gasteiger partial charge in [-0.05, 0) is 41.5 Å². The highest BCUT2D eigenvalue weighted by atomic mass is 35.5. The molecule has 8 nitrogen and oxygen atoms in total. The summed E-state index contributed by atoms with van der Waals surface area (Å²) >= 11 is 6.28. The summed E-state index contributed by atoms with van der Waals surface area (Å²) < 4.78 is 6.75. The number of amides is 1. The van der Waals surface area contributed by atoms with Crippen LogP contribution in [0.1, 0.15) is 31.0 Å². The highest BCUT2D eigenvalue weighted by molar-refractivity contribution is 6.32. The molecule has 0 radical (unpaired) electrons. The molecule has 0 saturated heterocycles. The molecule has 1 aromatic carbocycles. The lowest BCUT2D eigenvalue weighted by Gasteiger charge is -2.13. The molecule has 1 aliphatic carbocycles. The van der Waals surface area contributed by atoms with Gasteiger partial charge in [-0.3, -0.25) is 4.79 Å². The number of methoxy groups -OCH3 is 1. The van der Waals surface area contributed by atoms with Gasteiger partial charge in [0.1, 0.15) is 0 Å². The second-order valence-corrected chi connectivity index (χ2v) is 6.14. The summed E-state index contributed by atoms with van der Waals surface area (Å²) in [6.45, 7) is 0.283. The molecule has 128 valence electrons. The van der Waals surface area contributed by atoms with E-state index in [0.717, 1.165) is 18.7 Å². The van der Waals surface area contributed by atoms with Gasteiger partial charge in [-0.25, -0.2) is 0 Å². The lowest BCUT2D eigenvalue weighted by atomic mass is 10.2. The Morgan fingerprint density at radius 2 is 2.33 bits per heavy atom. The molecule has 1 heterocycles. The van der Waals surface area contributed by atoms with Crippen molar-refractivity contribution in [2.24, 2.45) is 5.73 Å². The first kappa shape index (κ1) is 16.8. The smallest absolute Gasteiger partial charge is 0.227 e. The fraction of sp³-hybridized carbons (Fsp3) is 0.467. The summed E-state index contributed by atoms with van der Waals surface area (Å²) in [5, 5.41) is 15.2. The second kappa shape index (κ2) is 7.25. The van der Waals surface area contributed by atoms with E-state index >= 15 is 0 Å². The largest absolute Gasteiger partial charge is 0.380 e. The molecule has 1 unspecified atom stereocenters. The van der Waals surface area contributed by atoms with Crippen molar-refractivity contribution in [1.29, 1.82) is 0 Å². The number of halogens is 1. The van der Waals surface area contributed by atoms with Crippen LogP contribution in [0.2, 0.25) is 5.02 Å². The van der Waals surface area contributed by atoms with Crippen LogP contribution in [0.15, 0.2) is 18.2 Å². The zero-order valence-electron chi connectivity index (χ0n) is 13.3. The second-order valence-electron chi connectivity index (χ2n) is 5.74. The quantitative estimate of drug-likeness (QED) is 0.783. The Bertz CT molecular complexity index is 727. The maximum absolute atomic E-state index is 12.1. The average Bonchev–Trinajstić information content (AvgIpc) is 3.31. The third kappa shape index (κ3) is 3.72. The molecule has 9 heteroatoms. The highest BCUT2D eigenvalue weighted by Gasteiger charge is 2.30. The topological polar surface area (TPSA) is 108 Å². The Hall–Kier alpha value is -2.03. The third-order valence-corrected chi connectivity index (χ3v) is 4.22. The molecule has 1 aromatic heterocycles. The van der Waals surface area contributed by atoms with Gasteiger partial charge in [0.15, 0.2) is 5.82 Å². The zero-order valence-corrected chi connectivity index (χ0v) is 14.0. The Morgan fingerprint density at radius 3 is 3.00 bits per heavy atom. The summed E-state index contributed by atoms with van der Waals surface area (Å²) in [5.74, 6) is 0.990. The molecule has 1 amide bonds. The van der Waals surface area contributed by atoms with Gasteiger partial charge < -0.3 is 15.8 Å². The van der Waals surface area contributed by atoms with E-state index < -0.39 is 0 Å². The lowest BCUT2D eigenvalue weighted by molar-refractivity contribution is -0.118. The predicted molar refractivity (Wildman–Crippen MR) is 89.2 cm³/mol. The van der Waals surface area contributed by atoms with Crippen LogP contribution in [0.3, 0.4) is 0 Å². The van der Waals surface area contributed by atoms with Gasteiger partial charge in [0.25, 0.3) is 0 Å². The normalized spacial score (nSPS) is 15.3. The number of hydrogen-bond acceptors (Lipinski definition) is 6. The number of ether oxygens (including phenoxy) is 1. The number of benzene rings is 1. The third-order valence-electron chi connectivity index (χ3n) is 3.90. The van der Waals surface area contributed by atoms with Gasteiger partial charge in [0.2, 0.25) is 5.91 Å². The number of carbonyl (C=O) groups excluding carboxylic acids is 1. The molecule has 1 atom stereocenters. The van der Waals surface area contributed by atoms with E-state index in [1.165, 1.54) is 7.11 Å². The maximum Gasteiger partial charge on any atom is 0.227 e. The molecule has 1 aliphatic rings. The fourth-order valence-corrected chi connectivity index (χ4v) is 2.59. The molecule has 1 fully saturated rings. The lowest BCUT2D eigenvalue weighted by Crippen LogP contribution is -2.28. The maximum atomic E-state index is 12.1. The van der Waals surface area contributed by atoms with Gasteiger partial charge in [-0.2, -0.15) is 4.68 Å².